The first kappa shape index (κ1) is 12.9. The van der Waals surface area contributed by atoms with E-state index in [0.29, 0.717) is 11.5 Å². The van der Waals surface area contributed by atoms with Gasteiger partial charge in [0, 0.05) is 11.1 Å². The van der Waals surface area contributed by atoms with Crippen LogP contribution in [0.2, 0.25) is 0 Å². The maximum absolute atomic E-state index is 8.98. The van der Waals surface area contributed by atoms with Gasteiger partial charge < -0.3 is 11.1 Å². The van der Waals surface area contributed by atoms with Crippen LogP contribution in [0.5, 0.6) is 0 Å². The summed E-state index contributed by atoms with van der Waals surface area (Å²) < 4.78 is 0. The number of nitrogens with one attached hydrogen (secondary N) is 1. The highest BCUT2D eigenvalue weighted by Crippen LogP contribution is 2.25. The van der Waals surface area contributed by atoms with E-state index in [4.69, 9.17) is 11.0 Å². The molecule has 0 fully saturated rings. The van der Waals surface area contributed by atoms with Gasteiger partial charge in [0.2, 0.25) is 0 Å². The van der Waals surface area contributed by atoms with Crippen molar-refractivity contribution >= 4 is 28.1 Å². The molecule has 2 heterocycles. The van der Waals surface area contributed by atoms with Crippen molar-refractivity contribution in [2.75, 3.05) is 11.1 Å². The lowest BCUT2D eigenvalue weighted by atomic mass is 10.1. The summed E-state index contributed by atoms with van der Waals surface area (Å²) in [6, 6.07) is 15.3. The van der Waals surface area contributed by atoms with Gasteiger partial charge in [0.15, 0.2) is 5.69 Å². The zero-order valence-electron chi connectivity index (χ0n) is 11.5. The number of nitrogens with two attached hydrogens (primary N) is 1. The van der Waals surface area contributed by atoms with Crippen molar-refractivity contribution < 1.29 is 0 Å². The summed E-state index contributed by atoms with van der Waals surface area (Å²) in [6.45, 7) is 1.95. The number of nitriles is 1. The summed E-state index contributed by atoms with van der Waals surface area (Å²) in [5, 5.41) is 13.2. The molecule has 0 saturated heterocycles. The number of pyridine rings is 2. The lowest BCUT2D eigenvalue weighted by molar-refractivity contribution is 1.24. The minimum absolute atomic E-state index is 0.212. The van der Waals surface area contributed by atoms with E-state index in [2.05, 4.69) is 15.3 Å². The number of fused-ring (bicyclic) bond motifs is 1. The van der Waals surface area contributed by atoms with Gasteiger partial charge in [-0.3, -0.25) is 4.98 Å². The zero-order chi connectivity index (χ0) is 14.8. The molecular weight excluding hydrogens is 262 g/mol. The first-order chi connectivity index (χ1) is 10.2. The molecule has 2 aromatic heterocycles. The monoisotopic (exact) mass is 275 g/mol. The molecule has 3 aromatic rings. The van der Waals surface area contributed by atoms with Crippen molar-refractivity contribution in [1.82, 2.24) is 9.97 Å². The first-order valence-corrected chi connectivity index (χ1v) is 6.47. The number of nitrogen functional groups attached to an aromatic ring is 1. The van der Waals surface area contributed by atoms with E-state index in [9.17, 15) is 0 Å². The van der Waals surface area contributed by atoms with Gasteiger partial charge >= 0.3 is 0 Å². The third kappa shape index (κ3) is 2.47. The molecule has 0 radical (unpaired) electrons. The molecule has 1 aromatic carbocycles. The fourth-order valence-electron chi connectivity index (χ4n) is 2.11. The van der Waals surface area contributed by atoms with Gasteiger partial charge in [-0.25, -0.2) is 4.98 Å². The molecule has 0 unspecified atom stereocenters. The highest BCUT2D eigenvalue weighted by molar-refractivity contribution is 5.92. The quantitative estimate of drug-likeness (QED) is 0.750. The second-order valence-electron chi connectivity index (χ2n) is 4.70. The summed E-state index contributed by atoms with van der Waals surface area (Å²) in [5.41, 5.74) is 8.92. The Labute approximate surface area is 122 Å². The maximum Gasteiger partial charge on any atom is 0.165 e. The Morgan fingerprint density at radius 1 is 1.10 bits per heavy atom. The number of anilines is 3. The van der Waals surface area contributed by atoms with Crippen LogP contribution in [-0.2, 0) is 0 Å². The third-order valence-corrected chi connectivity index (χ3v) is 3.15. The first-order valence-electron chi connectivity index (χ1n) is 6.47. The predicted octanol–water partition coefficient (Wildman–Crippen LogP) is 3.14. The second kappa shape index (κ2) is 5.10. The summed E-state index contributed by atoms with van der Waals surface area (Å²) in [4.78, 5) is 8.74. The Hall–Kier alpha value is -3.13. The average molecular weight is 275 g/mol. The van der Waals surface area contributed by atoms with Gasteiger partial charge in [-0.15, -0.1) is 0 Å². The molecule has 5 nitrogen and oxygen atoms in total. The summed E-state index contributed by atoms with van der Waals surface area (Å²) in [6.07, 6.45) is 0. The number of benzene rings is 1. The molecule has 0 saturated carbocycles. The second-order valence-corrected chi connectivity index (χ2v) is 4.70. The standard InChI is InChI=1S/C16H13N5/c1-10-5-6-11-3-2-4-13(16(11)19-10)20-15-8-7-12(18)14(9-17)21-15/h2-8H,18H2,1H3,(H,20,21). The van der Waals surface area contributed by atoms with E-state index in [1.54, 1.807) is 12.1 Å². The molecular formula is C16H13N5. The molecule has 102 valence electrons. The van der Waals surface area contributed by atoms with Gasteiger partial charge in [0.05, 0.1) is 16.9 Å². The molecule has 3 rings (SSSR count). The number of aromatic nitrogens is 2. The van der Waals surface area contributed by atoms with E-state index in [-0.39, 0.29) is 5.69 Å². The van der Waals surface area contributed by atoms with E-state index in [1.165, 1.54) is 0 Å². The SMILES string of the molecule is Cc1ccc2cccc(Nc3ccc(N)c(C#N)n3)c2n1. The van der Waals surface area contributed by atoms with Crippen LogP contribution in [0.15, 0.2) is 42.5 Å². The number of para-hydroxylation sites is 1. The zero-order valence-corrected chi connectivity index (χ0v) is 11.5. The number of aryl methyl sites for hydroxylation is 1. The van der Waals surface area contributed by atoms with Crippen LogP contribution in [0.3, 0.4) is 0 Å². The van der Waals surface area contributed by atoms with Gasteiger partial charge in [0.1, 0.15) is 11.9 Å². The number of nitrogens with zero attached hydrogens (tertiary/aromatic N) is 3. The van der Waals surface area contributed by atoms with E-state index >= 15 is 0 Å². The van der Waals surface area contributed by atoms with E-state index in [1.807, 2.05) is 43.3 Å². The van der Waals surface area contributed by atoms with Crippen molar-refractivity contribution in [1.29, 1.82) is 5.26 Å². The topological polar surface area (TPSA) is 87.6 Å². The summed E-state index contributed by atoms with van der Waals surface area (Å²) >= 11 is 0. The van der Waals surface area contributed by atoms with Crippen LogP contribution in [0.1, 0.15) is 11.4 Å². The van der Waals surface area contributed by atoms with Crippen molar-refractivity contribution in [3.8, 4) is 6.07 Å². The lowest BCUT2D eigenvalue weighted by Crippen LogP contribution is -2.00. The molecule has 3 N–H and O–H groups in total. The van der Waals surface area contributed by atoms with Gasteiger partial charge in [-0.2, -0.15) is 5.26 Å². The van der Waals surface area contributed by atoms with Gasteiger partial charge in [0.25, 0.3) is 0 Å². The smallest absolute Gasteiger partial charge is 0.165 e. The number of hydrogen-bond donors (Lipinski definition) is 2. The normalized spacial score (nSPS) is 10.3. The third-order valence-electron chi connectivity index (χ3n) is 3.15. The predicted molar refractivity (Wildman–Crippen MR) is 83.1 cm³/mol. The fraction of sp³-hybridized carbons (Fsp3) is 0.0625. The Balaban J connectivity index is 2.06. The van der Waals surface area contributed by atoms with E-state index in [0.717, 1.165) is 22.3 Å². The highest BCUT2D eigenvalue weighted by atomic mass is 15.0. The lowest BCUT2D eigenvalue weighted by Gasteiger charge is -2.09. The van der Waals surface area contributed by atoms with Crippen LogP contribution in [0, 0.1) is 18.3 Å². The van der Waals surface area contributed by atoms with Crippen molar-refractivity contribution in [2.45, 2.75) is 6.92 Å². The van der Waals surface area contributed by atoms with Crippen LogP contribution in [0.25, 0.3) is 10.9 Å². The molecule has 0 aliphatic heterocycles. The minimum atomic E-state index is 0.212. The van der Waals surface area contributed by atoms with Gasteiger partial charge in [-0.1, -0.05) is 18.2 Å². The molecule has 0 amide bonds. The molecule has 5 heteroatoms. The van der Waals surface area contributed by atoms with Crippen LogP contribution in [-0.4, -0.2) is 9.97 Å². The number of rotatable bonds is 2. The van der Waals surface area contributed by atoms with Crippen molar-refractivity contribution in [2.24, 2.45) is 0 Å². The Kier molecular flexibility index (Phi) is 3.13. The van der Waals surface area contributed by atoms with Gasteiger partial charge in [-0.05, 0) is 31.2 Å². The number of hydrogen-bond acceptors (Lipinski definition) is 5. The van der Waals surface area contributed by atoms with Crippen LogP contribution >= 0.6 is 0 Å². The molecule has 0 bridgehead atoms. The average Bonchev–Trinajstić information content (AvgIpc) is 2.50. The molecule has 0 spiro atoms. The highest BCUT2D eigenvalue weighted by Gasteiger charge is 2.06. The van der Waals surface area contributed by atoms with E-state index < -0.39 is 0 Å². The largest absolute Gasteiger partial charge is 0.396 e. The van der Waals surface area contributed by atoms with Crippen molar-refractivity contribution in [3.63, 3.8) is 0 Å². The van der Waals surface area contributed by atoms with Crippen LogP contribution in [0.4, 0.5) is 17.2 Å². The molecule has 0 atom stereocenters. The molecule has 0 aliphatic carbocycles. The fourth-order valence-corrected chi connectivity index (χ4v) is 2.11. The molecule has 0 aliphatic rings. The Morgan fingerprint density at radius 3 is 2.76 bits per heavy atom. The maximum atomic E-state index is 8.98. The van der Waals surface area contributed by atoms with Crippen LogP contribution < -0.4 is 11.1 Å². The Morgan fingerprint density at radius 2 is 1.95 bits per heavy atom. The Bertz CT molecular complexity index is 864. The van der Waals surface area contributed by atoms with Crippen molar-refractivity contribution in [3.05, 3.63) is 53.9 Å². The minimum Gasteiger partial charge on any atom is -0.396 e. The summed E-state index contributed by atoms with van der Waals surface area (Å²) in [7, 11) is 0. The summed E-state index contributed by atoms with van der Waals surface area (Å²) in [5.74, 6) is 0.566. The molecule has 21 heavy (non-hydrogen) atoms.